The average molecular weight is 314 g/mol. The second-order valence-electron chi connectivity index (χ2n) is 4.35. The Morgan fingerprint density at radius 3 is 2.71 bits per heavy atom. The van der Waals surface area contributed by atoms with Crippen LogP contribution in [-0.4, -0.2) is 21.1 Å². The van der Waals surface area contributed by atoms with Crippen molar-refractivity contribution in [2.24, 2.45) is 5.73 Å². The van der Waals surface area contributed by atoms with Gasteiger partial charge in [0.25, 0.3) is 0 Å². The van der Waals surface area contributed by atoms with Gasteiger partial charge in [-0.05, 0) is 18.2 Å². The first-order valence-electron chi connectivity index (χ1n) is 6.08. The molecule has 4 nitrogen and oxygen atoms in total. The number of nitrogens with zero attached hydrogens (tertiary/aromatic N) is 2. The Kier molecular flexibility index (Phi) is 4.46. The van der Waals surface area contributed by atoms with Crippen LogP contribution < -0.4 is 11.1 Å². The largest absolute Gasteiger partial charge is 0.417 e. The Morgan fingerprint density at radius 2 is 2.14 bits per heavy atom. The molecule has 0 radical (unpaired) electrons. The SMILES string of the molecule is NC(=S)c1cc(NCCn2ccnc2)ccc1C(F)(F)F. The summed E-state index contributed by atoms with van der Waals surface area (Å²) in [6.45, 7) is 1.18. The molecule has 1 aromatic carbocycles. The van der Waals surface area contributed by atoms with E-state index in [2.05, 4.69) is 10.3 Å². The van der Waals surface area contributed by atoms with Crippen molar-refractivity contribution in [3.63, 3.8) is 0 Å². The minimum Gasteiger partial charge on any atom is -0.389 e. The van der Waals surface area contributed by atoms with Gasteiger partial charge in [0.05, 0.1) is 11.9 Å². The van der Waals surface area contributed by atoms with E-state index in [1.54, 1.807) is 18.7 Å². The lowest BCUT2D eigenvalue weighted by atomic mass is 10.1. The zero-order valence-electron chi connectivity index (χ0n) is 10.9. The van der Waals surface area contributed by atoms with Crippen LogP contribution in [0.5, 0.6) is 0 Å². The topological polar surface area (TPSA) is 55.9 Å². The number of thiocarbonyl (C=S) groups is 1. The van der Waals surface area contributed by atoms with E-state index in [0.29, 0.717) is 18.8 Å². The number of aromatic nitrogens is 2. The van der Waals surface area contributed by atoms with Crippen molar-refractivity contribution >= 4 is 22.9 Å². The molecule has 0 unspecified atom stereocenters. The highest BCUT2D eigenvalue weighted by Crippen LogP contribution is 2.33. The van der Waals surface area contributed by atoms with Gasteiger partial charge in [0.1, 0.15) is 4.99 Å². The second-order valence-corrected chi connectivity index (χ2v) is 4.79. The van der Waals surface area contributed by atoms with Crippen molar-refractivity contribution in [3.05, 3.63) is 48.0 Å². The molecule has 0 amide bonds. The van der Waals surface area contributed by atoms with Gasteiger partial charge in [-0.3, -0.25) is 0 Å². The zero-order chi connectivity index (χ0) is 15.5. The van der Waals surface area contributed by atoms with E-state index in [-0.39, 0.29) is 10.6 Å². The minimum absolute atomic E-state index is 0.176. The van der Waals surface area contributed by atoms with Crippen molar-refractivity contribution in [1.82, 2.24) is 9.55 Å². The Bertz CT molecular complexity index is 623. The number of benzene rings is 1. The Morgan fingerprint density at radius 1 is 1.38 bits per heavy atom. The molecular weight excluding hydrogens is 301 g/mol. The van der Waals surface area contributed by atoms with Gasteiger partial charge >= 0.3 is 6.18 Å². The summed E-state index contributed by atoms with van der Waals surface area (Å²) in [6, 6.07) is 3.66. The minimum atomic E-state index is -4.48. The normalized spacial score (nSPS) is 11.4. The summed E-state index contributed by atoms with van der Waals surface area (Å²) in [5.41, 5.74) is 4.91. The summed E-state index contributed by atoms with van der Waals surface area (Å²) >= 11 is 4.69. The van der Waals surface area contributed by atoms with E-state index < -0.39 is 11.7 Å². The first-order chi connectivity index (χ1) is 9.88. The van der Waals surface area contributed by atoms with Crippen LogP contribution in [0.3, 0.4) is 0 Å². The fourth-order valence-corrected chi connectivity index (χ4v) is 2.02. The zero-order valence-corrected chi connectivity index (χ0v) is 11.7. The average Bonchev–Trinajstić information content (AvgIpc) is 2.90. The van der Waals surface area contributed by atoms with Crippen LogP contribution in [0.2, 0.25) is 0 Å². The monoisotopic (exact) mass is 314 g/mol. The Hall–Kier alpha value is -2.09. The molecule has 0 saturated heterocycles. The molecule has 0 fully saturated rings. The maximum atomic E-state index is 12.8. The number of imidazole rings is 1. The van der Waals surface area contributed by atoms with Gasteiger partial charge in [0.15, 0.2) is 0 Å². The number of halogens is 3. The predicted octanol–water partition coefficient (Wildman–Crippen LogP) is 2.65. The lowest BCUT2D eigenvalue weighted by Gasteiger charge is -2.14. The molecule has 0 atom stereocenters. The predicted molar refractivity (Wildman–Crippen MR) is 78.0 cm³/mol. The summed E-state index contributed by atoms with van der Waals surface area (Å²) in [6.07, 6.45) is 0.640. The third kappa shape index (κ3) is 3.94. The number of hydrogen-bond donors (Lipinski definition) is 2. The van der Waals surface area contributed by atoms with Gasteiger partial charge in [-0.15, -0.1) is 0 Å². The van der Waals surface area contributed by atoms with Crippen LogP contribution >= 0.6 is 12.2 Å². The van der Waals surface area contributed by atoms with Gasteiger partial charge in [-0.25, -0.2) is 4.98 Å². The maximum Gasteiger partial charge on any atom is 0.417 e. The van der Waals surface area contributed by atoms with E-state index in [1.165, 1.54) is 12.1 Å². The molecule has 0 saturated carbocycles. The van der Waals surface area contributed by atoms with Crippen LogP contribution in [0.1, 0.15) is 11.1 Å². The lowest BCUT2D eigenvalue weighted by molar-refractivity contribution is -0.137. The molecule has 0 spiro atoms. The maximum absolute atomic E-state index is 12.8. The highest BCUT2D eigenvalue weighted by molar-refractivity contribution is 7.80. The number of nitrogens with one attached hydrogen (secondary N) is 1. The third-order valence-corrected chi connectivity index (χ3v) is 3.07. The lowest BCUT2D eigenvalue weighted by Crippen LogP contribution is -2.18. The second kappa shape index (κ2) is 6.13. The van der Waals surface area contributed by atoms with Crippen LogP contribution in [0.15, 0.2) is 36.9 Å². The van der Waals surface area contributed by atoms with Crippen LogP contribution in [0.25, 0.3) is 0 Å². The molecule has 0 aliphatic rings. The van der Waals surface area contributed by atoms with Crippen molar-refractivity contribution in [1.29, 1.82) is 0 Å². The molecule has 3 N–H and O–H groups in total. The van der Waals surface area contributed by atoms with Crippen LogP contribution in [-0.2, 0) is 12.7 Å². The number of nitrogens with two attached hydrogens (primary N) is 1. The molecule has 2 rings (SSSR count). The molecule has 1 aromatic heterocycles. The Balaban J connectivity index is 2.11. The Labute approximate surface area is 124 Å². The summed E-state index contributed by atoms with van der Waals surface area (Å²) in [7, 11) is 0. The molecule has 112 valence electrons. The molecule has 0 aliphatic carbocycles. The highest BCUT2D eigenvalue weighted by atomic mass is 32.1. The van der Waals surface area contributed by atoms with Gasteiger partial charge in [0, 0.05) is 36.7 Å². The van der Waals surface area contributed by atoms with Gasteiger partial charge in [-0.2, -0.15) is 13.2 Å². The highest BCUT2D eigenvalue weighted by Gasteiger charge is 2.33. The van der Waals surface area contributed by atoms with Gasteiger partial charge in [-0.1, -0.05) is 12.2 Å². The number of hydrogen-bond acceptors (Lipinski definition) is 3. The van der Waals surface area contributed by atoms with Crippen LogP contribution in [0, 0.1) is 0 Å². The molecule has 8 heteroatoms. The van der Waals surface area contributed by atoms with E-state index >= 15 is 0 Å². The van der Waals surface area contributed by atoms with Crippen molar-refractivity contribution in [3.8, 4) is 0 Å². The number of rotatable bonds is 5. The molecule has 1 heterocycles. The van der Waals surface area contributed by atoms with Gasteiger partial charge < -0.3 is 15.6 Å². The van der Waals surface area contributed by atoms with E-state index in [0.717, 1.165) is 6.07 Å². The van der Waals surface area contributed by atoms with Crippen molar-refractivity contribution in [2.45, 2.75) is 12.7 Å². The first kappa shape index (κ1) is 15.3. The number of anilines is 1. The quantitative estimate of drug-likeness (QED) is 0.833. The smallest absolute Gasteiger partial charge is 0.389 e. The van der Waals surface area contributed by atoms with E-state index in [9.17, 15) is 13.2 Å². The molecule has 0 aliphatic heterocycles. The van der Waals surface area contributed by atoms with Crippen LogP contribution in [0.4, 0.5) is 18.9 Å². The molecule has 0 bridgehead atoms. The fourth-order valence-electron chi connectivity index (χ4n) is 1.85. The summed E-state index contributed by atoms with van der Waals surface area (Å²) < 4.78 is 40.3. The summed E-state index contributed by atoms with van der Waals surface area (Å²) in [4.78, 5) is 3.62. The van der Waals surface area contributed by atoms with Gasteiger partial charge in [0.2, 0.25) is 0 Å². The molecule has 21 heavy (non-hydrogen) atoms. The van der Waals surface area contributed by atoms with E-state index in [4.69, 9.17) is 18.0 Å². The number of alkyl halides is 3. The molecule has 2 aromatic rings. The van der Waals surface area contributed by atoms with Crippen molar-refractivity contribution < 1.29 is 13.2 Å². The molecular formula is C13H13F3N4S. The first-order valence-corrected chi connectivity index (χ1v) is 6.49. The third-order valence-electron chi connectivity index (χ3n) is 2.85. The summed E-state index contributed by atoms with van der Waals surface area (Å²) in [5, 5.41) is 3.03. The van der Waals surface area contributed by atoms with Crippen molar-refractivity contribution in [2.75, 3.05) is 11.9 Å². The van der Waals surface area contributed by atoms with E-state index in [1.807, 2.05) is 4.57 Å². The fraction of sp³-hybridized carbons (Fsp3) is 0.231. The summed E-state index contributed by atoms with van der Waals surface area (Å²) in [5.74, 6) is 0. The standard InChI is InChI=1S/C13H13F3N4S/c14-13(15,16)11-2-1-9(7-10(11)12(17)21)19-4-6-20-5-3-18-8-20/h1-3,5,7-8,19H,4,6H2,(H2,17,21).